The number of fused-ring (bicyclic) bond motifs is 1. The number of ether oxygens (including phenoxy) is 1. The molecule has 0 bridgehead atoms. The Morgan fingerprint density at radius 3 is 2.80 bits per heavy atom. The summed E-state index contributed by atoms with van der Waals surface area (Å²) in [5, 5.41) is 14.0. The van der Waals surface area contributed by atoms with Crippen molar-refractivity contribution in [1.82, 2.24) is 0 Å². The van der Waals surface area contributed by atoms with Gasteiger partial charge in [0.05, 0.1) is 17.1 Å². The molecule has 128 valence electrons. The van der Waals surface area contributed by atoms with Crippen LogP contribution >= 0.6 is 0 Å². The van der Waals surface area contributed by atoms with Crippen LogP contribution in [-0.4, -0.2) is 24.4 Å². The fourth-order valence-corrected chi connectivity index (χ4v) is 2.91. The van der Waals surface area contributed by atoms with Crippen LogP contribution in [0.3, 0.4) is 0 Å². The lowest BCUT2D eigenvalue weighted by atomic mass is 9.97. The number of ketones is 1. The summed E-state index contributed by atoms with van der Waals surface area (Å²) in [6.45, 7) is 2.30. The first-order valence-electron chi connectivity index (χ1n) is 7.95. The summed E-state index contributed by atoms with van der Waals surface area (Å²) >= 11 is 0. The van der Waals surface area contributed by atoms with Gasteiger partial charge in [0, 0.05) is 25.1 Å². The lowest BCUT2D eigenvalue weighted by Crippen LogP contribution is -2.03. The van der Waals surface area contributed by atoms with Crippen LogP contribution in [0.4, 0.5) is 11.4 Å². The molecule has 25 heavy (non-hydrogen) atoms. The molecule has 2 aromatic rings. The highest BCUT2D eigenvalue weighted by Crippen LogP contribution is 2.31. The molecule has 0 aromatic heterocycles. The highest BCUT2D eigenvalue weighted by molar-refractivity contribution is 6.13. The molecule has 2 aromatic carbocycles. The van der Waals surface area contributed by atoms with Crippen molar-refractivity contribution in [2.24, 2.45) is 0 Å². The van der Waals surface area contributed by atoms with Crippen molar-refractivity contribution >= 4 is 23.2 Å². The normalized spacial score (nSPS) is 15.3. The van der Waals surface area contributed by atoms with Crippen molar-refractivity contribution in [3.05, 3.63) is 68.8 Å². The van der Waals surface area contributed by atoms with Crippen LogP contribution < -0.4 is 10.1 Å². The fourth-order valence-electron chi connectivity index (χ4n) is 2.91. The minimum absolute atomic E-state index is 0.0228. The summed E-state index contributed by atoms with van der Waals surface area (Å²) in [5.41, 5.74) is 3.06. The maximum Gasteiger partial charge on any atom is 0.292 e. The lowest BCUT2D eigenvalue weighted by molar-refractivity contribution is -0.383. The van der Waals surface area contributed by atoms with Gasteiger partial charge in [-0.15, -0.1) is 0 Å². The molecule has 0 radical (unpaired) electrons. The number of rotatable bonds is 3. The molecule has 1 aliphatic heterocycles. The first-order chi connectivity index (χ1) is 12.0. The fraction of sp³-hybridized carbons (Fsp3) is 0.211. The van der Waals surface area contributed by atoms with Crippen LogP contribution in [0.1, 0.15) is 27.9 Å². The van der Waals surface area contributed by atoms with E-state index >= 15 is 0 Å². The van der Waals surface area contributed by atoms with E-state index in [1.54, 1.807) is 31.3 Å². The molecule has 0 fully saturated rings. The van der Waals surface area contributed by atoms with Crippen molar-refractivity contribution in [2.75, 3.05) is 19.0 Å². The van der Waals surface area contributed by atoms with Gasteiger partial charge in [-0.3, -0.25) is 14.9 Å². The molecule has 1 N–H and O–H groups in total. The molecule has 6 nitrogen and oxygen atoms in total. The molecule has 3 rings (SSSR count). The molecular weight excluding hydrogens is 320 g/mol. The Labute approximate surface area is 145 Å². The lowest BCUT2D eigenvalue weighted by Gasteiger charge is -2.08. The standard InChI is InChI=1S/C19H18N2O4/c1-12-4-3-5-15-18(22)14(8-9-25-19(12)15)10-13-6-7-16(20-2)17(11-13)21(23)24/h3-7,10-11,20H,8-9H2,1-2H3/b14-10+. The number of Topliss-reactive ketones (excluding diaryl/α,β-unsaturated/α-hetero) is 1. The first kappa shape index (κ1) is 16.7. The van der Waals surface area contributed by atoms with Crippen LogP contribution in [0.15, 0.2) is 42.0 Å². The summed E-state index contributed by atoms with van der Waals surface area (Å²) in [7, 11) is 1.63. The maximum absolute atomic E-state index is 12.8. The molecule has 0 aliphatic carbocycles. The Balaban J connectivity index is 2.03. The summed E-state index contributed by atoms with van der Waals surface area (Å²) in [6, 6.07) is 10.3. The van der Waals surface area contributed by atoms with Crippen molar-refractivity contribution in [3.8, 4) is 5.75 Å². The van der Waals surface area contributed by atoms with E-state index in [2.05, 4.69) is 5.32 Å². The van der Waals surface area contributed by atoms with Gasteiger partial charge < -0.3 is 10.1 Å². The monoisotopic (exact) mass is 338 g/mol. The van der Waals surface area contributed by atoms with E-state index in [0.717, 1.165) is 5.56 Å². The van der Waals surface area contributed by atoms with E-state index in [1.807, 2.05) is 19.1 Å². The predicted molar refractivity (Wildman–Crippen MR) is 96.2 cm³/mol. The van der Waals surface area contributed by atoms with Crippen molar-refractivity contribution < 1.29 is 14.5 Å². The zero-order valence-electron chi connectivity index (χ0n) is 14.0. The molecule has 0 saturated carbocycles. The first-order valence-corrected chi connectivity index (χ1v) is 7.95. The SMILES string of the molecule is CNc1ccc(/C=C2\CCOc3c(C)cccc3C2=O)cc1[N+](=O)[O-]. The number of nitro groups is 1. The number of anilines is 1. The number of carbonyl (C=O) groups is 1. The van der Waals surface area contributed by atoms with Gasteiger partial charge in [-0.2, -0.15) is 0 Å². The van der Waals surface area contributed by atoms with E-state index in [4.69, 9.17) is 4.74 Å². The molecule has 0 atom stereocenters. The molecule has 1 aliphatic rings. The Morgan fingerprint density at radius 2 is 2.08 bits per heavy atom. The van der Waals surface area contributed by atoms with Gasteiger partial charge in [-0.1, -0.05) is 18.2 Å². The molecule has 0 unspecified atom stereocenters. The van der Waals surface area contributed by atoms with Gasteiger partial charge in [0.2, 0.25) is 0 Å². The molecule has 6 heteroatoms. The van der Waals surface area contributed by atoms with E-state index in [-0.39, 0.29) is 11.5 Å². The number of benzene rings is 2. The number of nitrogens with one attached hydrogen (secondary N) is 1. The van der Waals surface area contributed by atoms with Crippen LogP contribution in [0.25, 0.3) is 6.08 Å². The summed E-state index contributed by atoms with van der Waals surface area (Å²) in [6.07, 6.45) is 2.16. The van der Waals surface area contributed by atoms with Gasteiger partial charge >= 0.3 is 0 Å². The van der Waals surface area contributed by atoms with E-state index in [0.29, 0.717) is 41.2 Å². The Hall–Kier alpha value is -3.15. The molecular formula is C19H18N2O4. The highest BCUT2D eigenvalue weighted by Gasteiger charge is 2.22. The van der Waals surface area contributed by atoms with E-state index in [1.165, 1.54) is 6.07 Å². The Bertz CT molecular complexity index is 887. The number of nitrogens with zero attached hydrogens (tertiary/aromatic N) is 1. The van der Waals surface area contributed by atoms with Crippen molar-refractivity contribution in [3.63, 3.8) is 0 Å². The predicted octanol–water partition coefficient (Wildman–Crippen LogP) is 3.99. The number of carbonyl (C=O) groups excluding carboxylic acids is 1. The molecule has 0 saturated heterocycles. The maximum atomic E-state index is 12.8. The second-order valence-corrected chi connectivity index (χ2v) is 5.83. The zero-order valence-corrected chi connectivity index (χ0v) is 14.0. The smallest absolute Gasteiger partial charge is 0.292 e. The van der Waals surface area contributed by atoms with Crippen LogP contribution in [0.5, 0.6) is 5.75 Å². The third-order valence-electron chi connectivity index (χ3n) is 4.19. The van der Waals surface area contributed by atoms with Crippen LogP contribution in [0.2, 0.25) is 0 Å². The minimum atomic E-state index is -0.440. The molecule has 0 amide bonds. The van der Waals surface area contributed by atoms with Crippen molar-refractivity contribution in [1.29, 1.82) is 0 Å². The van der Waals surface area contributed by atoms with Gasteiger partial charge in [-0.25, -0.2) is 0 Å². The Morgan fingerprint density at radius 1 is 1.28 bits per heavy atom. The number of para-hydroxylation sites is 1. The van der Waals surface area contributed by atoms with Gasteiger partial charge in [-0.05, 0) is 36.3 Å². The van der Waals surface area contributed by atoms with Crippen LogP contribution in [-0.2, 0) is 0 Å². The summed E-state index contributed by atoms with van der Waals surface area (Å²) < 4.78 is 5.74. The zero-order chi connectivity index (χ0) is 18.0. The van der Waals surface area contributed by atoms with E-state index in [9.17, 15) is 14.9 Å². The highest BCUT2D eigenvalue weighted by atomic mass is 16.6. The second kappa shape index (κ2) is 6.76. The van der Waals surface area contributed by atoms with Gasteiger partial charge in [0.1, 0.15) is 11.4 Å². The average Bonchev–Trinajstić information content (AvgIpc) is 2.76. The minimum Gasteiger partial charge on any atom is -0.492 e. The number of hydrogen-bond donors (Lipinski definition) is 1. The van der Waals surface area contributed by atoms with Crippen molar-refractivity contribution in [2.45, 2.75) is 13.3 Å². The third kappa shape index (κ3) is 3.24. The van der Waals surface area contributed by atoms with Crippen LogP contribution in [0, 0.1) is 17.0 Å². The largest absolute Gasteiger partial charge is 0.492 e. The number of hydrogen-bond acceptors (Lipinski definition) is 5. The number of aryl methyl sites for hydroxylation is 1. The van der Waals surface area contributed by atoms with Gasteiger partial charge in [0.25, 0.3) is 5.69 Å². The van der Waals surface area contributed by atoms with E-state index < -0.39 is 4.92 Å². The average molecular weight is 338 g/mol. The Kier molecular flexibility index (Phi) is 4.52. The molecule has 1 heterocycles. The summed E-state index contributed by atoms with van der Waals surface area (Å²) in [4.78, 5) is 23.6. The quantitative estimate of drug-likeness (QED) is 0.520. The van der Waals surface area contributed by atoms with Gasteiger partial charge in [0.15, 0.2) is 5.78 Å². The second-order valence-electron chi connectivity index (χ2n) is 5.83. The summed E-state index contributed by atoms with van der Waals surface area (Å²) in [5.74, 6) is 0.518. The molecule has 0 spiro atoms. The topological polar surface area (TPSA) is 81.5 Å². The number of nitro benzene ring substituents is 1. The third-order valence-corrected chi connectivity index (χ3v) is 4.19.